The first kappa shape index (κ1) is 28.2. The Morgan fingerprint density at radius 2 is 1.67 bits per heavy atom. The van der Waals surface area contributed by atoms with Crippen molar-refractivity contribution in [2.75, 3.05) is 48.8 Å². The number of benzene rings is 2. The predicted molar refractivity (Wildman–Crippen MR) is 157 cm³/mol. The highest BCUT2D eigenvalue weighted by Crippen LogP contribution is 2.34. The molecule has 1 saturated heterocycles. The van der Waals surface area contributed by atoms with Gasteiger partial charge in [0.15, 0.2) is 0 Å². The first-order valence-electron chi connectivity index (χ1n) is 13.1. The van der Waals surface area contributed by atoms with Crippen LogP contribution >= 0.6 is 0 Å². The third kappa shape index (κ3) is 5.74. The maximum Gasteiger partial charge on any atom is 0.264 e. The number of pyridine rings is 2. The maximum atomic E-state index is 14.3. The van der Waals surface area contributed by atoms with Crippen LogP contribution in [-0.2, 0) is 14.8 Å². The standard InChI is InChI=1S/C29H25F2N7O4S/c1-41-28-25(37-43(39,40)26-5-3-21(30)13-23(26)31)12-19(14-33-28)17-2-4-24-18(10-17)11-22(27(32)36-24)20-15-34-29(35-16-20)38-6-8-42-9-7-38/h2-5,10-16,37H,6-9H2,1H3,(H2,32,36). The highest BCUT2D eigenvalue weighted by Gasteiger charge is 2.22. The van der Waals surface area contributed by atoms with Crippen molar-refractivity contribution in [3.05, 3.63) is 78.8 Å². The van der Waals surface area contributed by atoms with Crippen LogP contribution in [0.15, 0.2) is 72.0 Å². The van der Waals surface area contributed by atoms with Crippen LogP contribution in [-0.4, -0.2) is 61.8 Å². The number of aromatic nitrogens is 4. The monoisotopic (exact) mass is 605 g/mol. The zero-order chi connectivity index (χ0) is 30.1. The molecule has 6 rings (SSSR count). The van der Waals surface area contributed by atoms with E-state index in [1.54, 1.807) is 24.5 Å². The zero-order valence-corrected chi connectivity index (χ0v) is 23.6. The lowest BCUT2D eigenvalue weighted by Gasteiger charge is -2.26. The number of halogens is 2. The van der Waals surface area contributed by atoms with Crippen molar-refractivity contribution < 1.29 is 26.7 Å². The minimum absolute atomic E-state index is 0.0301. The van der Waals surface area contributed by atoms with E-state index in [4.69, 9.17) is 15.2 Å². The van der Waals surface area contributed by atoms with Crippen molar-refractivity contribution in [2.24, 2.45) is 0 Å². The first-order chi connectivity index (χ1) is 20.7. The van der Waals surface area contributed by atoms with E-state index in [2.05, 4.69) is 29.6 Å². The first-order valence-corrected chi connectivity index (χ1v) is 14.6. The predicted octanol–water partition coefficient (Wildman–Crippen LogP) is 4.26. The summed E-state index contributed by atoms with van der Waals surface area (Å²) < 4.78 is 66.4. The average Bonchev–Trinajstić information content (AvgIpc) is 3.00. The number of morpholine rings is 1. The van der Waals surface area contributed by atoms with Gasteiger partial charge < -0.3 is 20.1 Å². The van der Waals surface area contributed by atoms with Gasteiger partial charge in [0.05, 0.1) is 25.8 Å². The number of fused-ring (bicyclic) bond motifs is 1. The van der Waals surface area contributed by atoms with Crippen LogP contribution in [0.3, 0.4) is 0 Å². The van der Waals surface area contributed by atoms with E-state index < -0.39 is 26.6 Å². The number of hydrogen-bond acceptors (Lipinski definition) is 10. The summed E-state index contributed by atoms with van der Waals surface area (Å²) in [6.07, 6.45) is 4.92. The molecule has 0 radical (unpaired) electrons. The molecule has 2 aromatic carbocycles. The molecule has 220 valence electrons. The van der Waals surface area contributed by atoms with Crippen LogP contribution in [0.4, 0.5) is 26.2 Å². The van der Waals surface area contributed by atoms with Crippen molar-refractivity contribution in [3.8, 4) is 28.1 Å². The Kier molecular flexibility index (Phi) is 7.46. The Hall–Kier alpha value is -4.95. The average molecular weight is 606 g/mol. The molecule has 11 nitrogen and oxygen atoms in total. The molecule has 1 aliphatic rings. The summed E-state index contributed by atoms with van der Waals surface area (Å²) in [6, 6.07) is 11.0. The molecule has 0 aliphatic carbocycles. The van der Waals surface area contributed by atoms with Gasteiger partial charge in [-0.25, -0.2) is 37.1 Å². The van der Waals surface area contributed by atoms with Crippen molar-refractivity contribution in [3.63, 3.8) is 0 Å². The van der Waals surface area contributed by atoms with E-state index in [-0.39, 0.29) is 11.6 Å². The van der Waals surface area contributed by atoms with Crippen LogP contribution in [0, 0.1) is 11.6 Å². The van der Waals surface area contributed by atoms with Crippen molar-refractivity contribution in [1.82, 2.24) is 19.9 Å². The van der Waals surface area contributed by atoms with E-state index in [0.717, 1.165) is 17.5 Å². The van der Waals surface area contributed by atoms with Crippen LogP contribution in [0.1, 0.15) is 0 Å². The molecule has 0 spiro atoms. The molecule has 0 bridgehead atoms. The third-order valence-corrected chi connectivity index (χ3v) is 8.29. The van der Waals surface area contributed by atoms with Crippen molar-refractivity contribution in [2.45, 2.75) is 4.90 Å². The van der Waals surface area contributed by atoms with Gasteiger partial charge in [0.2, 0.25) is 11.8 Å². The second-order valence-electron chi connectivity index (χ2n) is 9.66. The Balaban J connectivity index is 1.33. The van der Waals surface area contributed by atoms with Gasteiger partial charge in [0, 0.05) is 59.8 Å². The lowest BCUT2D eigenvalue weighted by molar-refractivity contribution is 0.122. The van der Waals surface area contributed by atoms with Gasteiger partial charge in [0.1, 0.15) is 28.0 Å². The number of nitrogens with zero attached hydrogens (tertiary/aromatic N) is 5. The van der Waals surface area contributed by atoms with E-state index >= 15 is 0 Å². The smallest absolute Gasteiger partial charge is 0.264 e. The molecule has 5 aromatic rings. The van der Waals surface area contributed by atoms with Gasteiger partial charge in [-0.05, 0) is 42.0 Å². The van der Waals surface area contributed by atoms with Gasteiger partial charge >= 0.3 is 0 Å². The van der Waals surface area contributed by atoms with Crippen LogP contribution < -0.4 is 20.1 Å². The Morgan fingerprint density at radius 3 is 2.40 bits per heavy atom. The van der Waals surface area contributed by atoms with Gasteiger partial charge in [-0.15, -0.1) is 0 Å². The van der Waals surface area contributed by atoms with Gasteiger partial charge in [-0.1, -0.05) is 6.07 Å². The molecule has 3 aromatic heterocycles. The molecule has 14 heteroatoms. The molecule has 0 atom stereocenters. The minimum Gasteiger partial charge on any atom is -0.480 e. The fraction of sp³-hybridized carbons (Fsp3) is 0.172. The normalized spacial score (nSPS) is 13.7. The molecular formula is C29H25F2N7O4S. The quantitative estimate of drug-likeness (QED) is 0.276. The zero-order valence-electron chi connectivity index (χ0n) is 22.8. The highest BCUT2D eigenvalue weighted by molar-refractivity contribution is 7.92. The topological polar surface area (TPSA) is 145 Å². The number of rotatable bonds is 7. The SMILES string of the molecule is COc1ncc(-c2ccc3nc(N)c(-c4cnc(N5CCOCC5)nc4)cc3c2)cc1NS(=O)(=O)c1ccc(F)cc1F. The van der Waals surface area contributed by atoms with Gasteiger partial charge in [0.25, 0.3) is 10.0 Å². The lowest BCUT2D eigenvalue weighted by atomic mass is 10.0. The Bertz CT molecular complexity index is 1940. The summed E-state index contributed by atoms with van der Waals surface area (Å²) in [5.74, 6) is -1.23. The molecular weight excluding hydrogens is 580 g/mol. The second kappa shape index (κ2) is 11.4. The molecule has 0 saturated carbocycles. The third-order valence-electron chi connectivity index (χ3n) is 6.89. The maximum absolute atomic E-state index is 14.3. The Labute approximate surface area is 245 Å². The Morgan fingerprint density at radius 1 is 0.930 bits per heavy atom. The number of nitrogen functional groups attached to an aromatic ring is 1. The summed E-state index contributed by atoms with van der Waals surface area (Å²) in [6.45, 7) is 2.68. The van der Waals surface area contributed by atoms with Crippen molar-refractivity contribution in [1.29, 1.82) is 0 Å². The summed E-state index contributed by atoms with van der Waals surface area (Å²) in [7, 11) is -3.11. The van der Waals surface area contributed by atoms with Crippen LogP contribution in [0.5, 0.6) is 5.88 Å². The number of ether oxygens (including phenoxy) is 2. The number of nitrogens with one attached hydrogen (secondary N) is 1. The number of sulfonamides is 1. The molecule has 0 unspecified atom stereocenters. The molecule has 43 heavy (non-hydrogen) atoms. The summed E-state index contributed by atoms with van der Waals surface area (Å²) in [5.41, 5.74) is 9.49. The summed E-state index contributed by atoms with van der Waals surface area (Å²) in [4.78, 5) is 19.1. The van der Waals surface area contributed by atoms with E-state index in [9.17, 15) is 17.2 Å². The van der Waals surface area contributed by atoms with Crippen LogP contribution in [0.25, 0.3) is 33.2 Å². The lowest BCUT2D eigenvalue weighted by Crippen LogP contribution is -2.37. The second-order valence-corrected chi connectivity index (χ2v) is 11.3. The van der Waals surface area contributed by atoms with Gasteiger partial charge in [-0.2, -0.15) is 0 Å². The molecule has 1 aliphatic heterocycles. The van der Waals surface area contributed by atoms with Crippen molar-refractivity contribution >= 4 is 38.4 Å². The van der Waals surface area contributed by atoms with Gasteiger partial charge in [-0.3, -0.25) is 4.72 Å². The molecule has 4 heterocycles. The minimum atomic E-state index is -4.44. The fourth-order valence-corrected chi connectivity index (χ4v) is 5.84. The van der Waals surface area contributed by atoms with E-state index in [1.807, 2.05) is 12.1 Å². The molecule has 0 amide bonds. The summed E-state index contributed by atoms with van der Waals surface area (Å²) in [5, 5.41) is 0.755. The van der Waals surface area contributed by atoms with Crippen LogP contribution in [0.2, 0.25) is 0 Å². The number of hydrogen-bond donors (Lipinski definition) is 2. The highest BCUT2D eigenvalue weighted by atomic mass is 32.2. The fourth-order valence-electron chi connectivity index (χ4n) is 4.73. The summed E-state index contributed by atoms with van der Waals surface area (Å²) >= 11 is 0. The van der Waals surface area contributed by atoms with E-state index in [1.165, 1.54) is 19.4 Å². The number of nitrogens with two attached hydrogens (primary N) is 1. The number of methoxy groups -OCH3 is 1. The molecule has 3 N–H and O–H groups in total. The molecule has 1 fully saturated rings. The van der Waals surface area contributed by atoms with E-state index in [0.29, 0.717) is 71.9 Å². The largest absolute Gasteiger partial charge is 0.480 e. The number of anilines is 3.